The van der Waals surface area contributed by atoms with Crippen molar-refractivity contribution in [3.8, 4) is 0 Å². The van der Waals surface area contributed by atoms with Crippen LogP contribution >= 0.6 is 15.9 Å². The molecule has 11 nitrogen and oxygen atoms in total. The van der Waals surface area contributed by atoms with Crippen LogP contribution < -0.4 is 4.90 Å². The molecule has 0 aliphatic heterocycles. The fraction of sp³-hybridized carbons (Fsp3) is 0.622. The SMILES string of the molecule is CCOC(=O)CCCCBr.CCOC(=O)CCCCN(C(=O)OC(C)(C)C)c1cc(C)ccn1.Cc1ccnc(CC(=O)OC(C)(C)C)c1. The summed E-state index contributed by atoms with van der Waals surface area (Å²) in [6.45, 7) is 19.9. The number of esters is 3. The van der Waals surface area contributed by atoms with Gasteiger partial charge in [-0.05, 0) is 130 Å². The van der Waals surface area contributed by atoms with Gasteiger partial charge in [0, 0.05) is 37.1 Å². The van der Waals surface area contributed by atoms with Crippen molar-refractivity contribution in [2.24, 2.45) is 0 Å². The van der Waals surface area contributed by atoms with Gasteiger partial charge in [0.05, 0.1) is 25.3 Å². The minimum Gasteiger partial charge on any atom is -0.466 e. The van der Waals surface area contributed by atoms with Gasteiger partial charge < -0.3 is 18.9 Å². The number of ether oxygens (including phenoxy) is 4. The highest BCUT2D eigenvalue weighted by atomic mass is 79.9. The van der Waals surface area contributed by atoms with E-state index in [9.17, 15) is 19.2 Å². The van der Waals surface area contributed by atoms with Crippen LogP contribution in [0.1, 0.15) is 111 Å². The number of pyridine rings is 2. The minimum atomic E-state index is -0.579. The van der Waals surface area contributed by atoms with Crippen LogP contribution in [0.3, 0.4) is 0 Å². The number of carbonyl (C=O) groups excluding carboxylic acids is 4. The summed E-state index contributed by atoms with van der Waals surface area (Å²) in [6.07, 6.45) is 7.34. The van der Waals surface area contributed by atoms with E-state index in [4.69, 9.17) is 18.9 Å². The quantitative estimate of drug-likeness (QED) is 0.0804. The third kappa shape index (κ3) is 25.1. The van der Waals surface area contributed by atoms with Gasteiger partial charge in [0.1, 0.15) is 17.0 Å². The Kier molecular flexibility index (Phi) is 22.8. The predicted molar refractivity (Wildman–Crippen MR) is 196 cm³/mol. The van der Waals surface area contributed by atoms with Gasteiger partial charge in [0.15, 0.2) is 0 Å². The van der Waals surface area contributed by atoms with Crippen LogP contribution in [-0.4, -0.2) is 70.3 Å². The molecule has 2 rings (SSSR count). The summed E-state index contributed by atoms with van der Waals surface area (Å²) in [7, 11) is 0. The van der Waals surface area contributed by atoms with Crippen LogP contribution in [0.5, 0.6) is 0 Å². The number of aromatic nitrogens is 2. The lowest BCUT2D eigenvalue weighted by atomic mass is 10.2. The van der Waals surface area contributed by atoms with Crippen molar-refractivity contribution in [2.75, 3.05) is 30.0 Å². The van der Waals surface area contributed by atoms with Crippen LogP contribution in [0.25, 0.3) is 0 Å². The van der Waals surface area contributed by atoms with E-state index in [0.29, 0.717) is 51.3 Å². The number of halogens is 1. The third-order valence-electron chi connectivity index (χ3n) is 5.90. The molecule has 0 atom stereocenters. The Morgan fingerprint density at radius 1 is 0.714 bits per heavy atom. The highest BCUT2D eigenvalue weighted by molar-refractivity contribution is 9.09. The van der Waals surface area contributed by atoms with E-state index < -0.39 is 17.3 Å². The number of amides is 1. The Bertz CT molecular complexity index is 1270. The van der Waals surface area contributed by atoms with Crippen molar-refractivity contribution in [1.82, 2.24) is 9.97 Å². The van der Waals surface area contributed by atoms with Crippen molar-refractivity contribution in [3.05, 3.63) is 53.5 Å². The van der Waals surface area contributed by atoms with Crippen molar-refractivity contribution >= 4 is 45.7 Å². The fourth-order valence-electron chi connectivity index (χ4n) is 3.87. The van der Waals surface area contributed by atoms with Crippen molar-refractivity contribution in [3.63, 3.8) is 0 Å². The summed E-state index contributed by atoms with van der Waals surface area (Å²) in [5.41, 5.74) is 1.86. The molecule has 0 radical (unpaired) electrons. The highest BCUT2D eigenvalue weighted by Crippen LogP contribution is 2.18. The largest absolute Gasteiger partial charge is 0.466 e. The Labute approximate surface area is 302 Å². The van der Waals surface area contributed by atoms with Crippen LogP contribution in [0.15, 0.2) is 36.7 Å². The Morgan fingerprint density at radius 2 is 1.22 bits per heavy atom. The van der Waals surface area contributed by atoms with Crippen LogP contribution in [0, 0.1) is 13.8 Å². The third-order valence-corrected chi connectivity index (χ3v) is 6.46. The molecule has 1 amide bonds. The average Bonchev–Trinajstić information content (AvgIpc) is 2.96. The Morgan fingerprint density at radius 3 is 1.69 bits per heavy atom. The van der Waals surface area contributed by atoms with Gasteiger partial charge in [-0.2, -0.15) is 0 Å². The van der Waals surface area contributed by atoms with Crippen molar-refractivity contribution < 1.29 is 38.1 Å². The minimum absolute atomic E-state index is 0.0801. The van der Waals surface area contributed by atoms with Crippen LogP contribution in [0.4, 0.5) is 10.6 Å². The van der Waals surface area contributed by atoms with E-state index in [1.54, 1.807) is 19.3 Å². The van der Waals surface area contributed by atoms with Gasteiger partial charge in [-0.3, -0.25) is 24.3 Å². The first-order valence-electron chi connectivity index (χ1n) is 16.8. The van der Waals surface area contributed by atoms with Crippen LogP contribution in [0.2, 0.25) is 0 Å². The van der Waals surface area contributed by atoms with E-state index >= 15 is 0 Å². The number of alkyl halides is 1. The number of nitrogens with zero attached hydrogens (tertiary/aromatic N) is 3. The molecule has 0 fully saturated rings. The first-order valence-corrected chi connectivity index (χ1v) is 18.0. The second-order valence-electron chi connectivity index (χ2n) is 13.1. The first-order chi connectivity index (χ1) is 22.9. The normalized spacial score (nSPS) is 10.8. The van der Waals surface area contributed by atoms with Gasteiger partial charge in [0.2, 0.25) is 0 Å². The molecule has 276 valence electrons. The predicted octanol–water partition coefficient (Wildman–Crippen LogP) is 8.25. The molecule has 0 bridgehead atoms. The van der Waals surface area contributed by atoms with Gasteiger partial charge in [0.25, 0.3) is 0 Å². The molecule has 2 heterocycles. The summed E-state index contributed by atoms with van der Waals surface area (Å²) in [5, 5.41) is 0.965. The molecule has 49 heavy (non-hydrogen) atoms. The number of hydrogen-bond donors (Lipinski definition) is 0. The lowest BCUT2D eigenvalue weighted by Gasteiger charge is -2.27. The summed E-state index contributed by atoms with van der Waals surface area (Å²) in [6, 6.07) is 7.51. The zero-order valence-corrected chi connectivity index (χ0v) is 32.8. The molecule has 0 aliphatic carbocycles. The molecule has 0 spiro atoms. The Hall–Kier alpha value is -3.54. The fourth-order valence-corrected chi connectivity index (χ4v) is 4.27. The molecule has 0 unspecified atom stereocenters. The van der Waals surface area contributed by atoms with E-state index in [2.05, 4.69) is 25.9 Å². The standard InChI is InChI=1S/C18H28N2O4.C12H17NO2.C7H13BrO2/c1-6-23-16(21)9-7-8-12-20(17(22)24-18(3,4)5)15-13-14(2)10-11-19-15;1-9-5-6-13-10(7-9)8-11(14)15-12(2,3)4;1-2-10-7(9)5-3-4-6-8/h10-11,13H,6-9,12H2,1-5H3;5-7H,8H2,1-4H3;2-6H2,1H3. The monoisotopic (exact) mass is 751 g/mol. The van der Waals surface area contributed by atoms with Gasteiger partial charge in [-0.1, -0.05) is 15.9 Å². The summed E-state index contributed by atoms with van der Waals surface area (Å²) >= 11 is 3.29. The number of rotatable bonds is 14. The topological polar surface area (TPSA) is 134 Å². The molecule has 0 aromatic carbocycles. The van der Waals surface area contributed by atoms with E-state index in [1.165, 1.54) is 4.90 Å². The number of carbonyl (C=O) groups is 4. The summed E-state index contributed by atoms with van der Waals surface area (Å²) < 4.78 is 20.3. The van der Waals surface area contributed by atoms with Gasteiger partial charge in [-0.15, -0.1) is 0 Å². The maximum Gasteiger partial charge on any atom is 0.416 e. The Balaban J connectivity index is 0.000000783. The molecule has 0 saturated carbocycles. The van der Waals surface area contributed by atoms with Crippen LogP contribution in [-0.2, 0) is 39.8 Å². The number of aryl methyl sites for hydroxylation is 2. The maximum absolute atomic E-state index is 12.5. The zero-order valence-electron chi connectivity index (χ0n) is 31.2. The highest BCUT2D eigenvalue weighted by Gasteiger charge is 2.24. The lowest BCUT2D eigenvalue weighted by Crippen LogP contribution is -2.38. The second kappa shape index (κ2) is 24.6. The van der Waals surface area contributed by atoms with E-state index in [0.717, 1.165) is 35.0 Å². The molecule has 2 aromatic rings. The van der Waals surface area contributed by atoms with Gasteiger partial charge >= 0.3 is 24.0 Å². The van der Waals surface area contributed by atoms with E-state index in [-0.39, 0.29) is 24.3 Å². The molecular weight excluding hydrogens is 694 g/mol. The maximum atomic E-state index is 12.5. The number of hydrogen-bond acceptors (Lipinski definition) is 10. The van der Waals surface area contributed by atoms with Crippen molar-refractivity contribution in [1.29, 1.82) is 0 Å². The zero-order chi connectivity index (χ0) is 37.5. The summed E-state index contributed by atoms with van der Waals surface area (Å²) in [4.78, 5) is 55.9. The number of unbranched alkanes of at least 4 members (excludes halogenated alkanes) is 2. The number of anilines is 1. The molecule has 0 N–H and O–H groups in total. The molecule has 2 aromatic heterocycles. The molecule has 0 aliphatic rings. The average molecular weight is 753 g/mol. The summed E-state index contributed by atoms with van der Waals surface area (Å²) in [5.74, 6) is 0.0273. The lowest BCUT2D eigenvalue weighted by molar-refractivity contribution is -0.154. The van der Waals surface area contributed by atoms with E-state index in [1.807, 2.05) is 86.6 Å². The van der Waals surface area contributed by atoms with Crippen molar-refractivity contribution in [2.45, 2.75) is 125 Å². The second-order valence-corrected chi connectivity index (χ2v) is 13.9. The molecular formula is C37H58BrN3O8. The molecule has 0 saturated heterocycles. The smallest absolute Gasteiger partial charge is 0.416 e. The first kappa shape index (κ1) is 45.5. The van der Waals surface area contributed by atoms with Gasteiger partial charge in [-0.25, -0.2) is 9.78 Å². The molecule has 12 heteroatoms.